The van der Waals surface area contributed by atoms with E-state index in [4.69, 9.17) is 0 Å². The van der Waals surface area contributed by atoms with Crippen molar-refractivity contribution in [2.45, 2.75) is 26.7 Å². The van der Waals surface area contributed by atoms with Gasteiger partial charge in [-0.3, -0.25) is 4.79 Å². The molecule has 1 heterocycles. The maximum atomic E-state index is 11.3. The van der Waals surface area contributed by atoms with E-state index in [1.165, 1.54) is 25.4 Å². The van der Waals surface area contributed by atoms with Crippen LogP contribution in [0.5, 0.6) is 0 Å². The zero-order chi connectivity index (χ0) is 11.4. The Hall–Kier alpha value is -1.23. The normalized spacial score (nSPS) is 10.1. The van der Waals surface area contributed by atoms with Crippen molar-refractivity contribution >= 4 is 23.1 Å². The summed E-state index contributed by atoms with van der Waals surface area (Å²) >= 11 is 1.27. The molecule has 0 aliphatic rings. The van der Waals surface area contributed by atoms with Crippen LogP contribution in [-0.2, 0) is 11.2 Å². The molecule has 15 heavy (non-hydrogen) atoms. The summed E-state index contributed by atoms with van der Waals surface area (Å²) in [5, 5.41) is 0.808. The Kier molecular flexibility index (Phi) is 3.96. The fourth-order valence-electron chi connectivity index (χ4n) is 1.16. The summed E-state index contributed by atoms with van der Waals surface area (Å²) in [4.78, 5) is 27.1. The predicted molar refractivity (Wildman–Crippen MR) is 57.5 cm³/mol. The lowest BCUT2D eigenvalue weighted by atomic mass is 10.3. The molecular weight excluding hydrogens is 214 g/mol. The molecular formula is C10H13NO3S. The summed E-state index contributed by atoms with van der Waals surface area (Å²) in [5.74, 6) is -0.686. The highest BCUT2D eigenvalue weighted by Gasteiger charge is 2.21. The van der Waals surface area contributed by atoms with Crippen LogP contribution in [0.4, 0.5) is 0 Å². The zero-order valence-electron chi connectivity index (χ0n) is 8.99. The number of ketones is 1. The van der Waals surface area contributed by atoms with E-state index in [9.17, 15) is 9.59 Å². The van der Waals surface area contributed by atoms with Crippen LogP contribution in [0.3, 0.4) is 0 Å². The lowest BCUT2D eigenvalue weighted by Gasteiger charge is -1.95. The van der Waals surface area contributed by atoms with Gasteiger partial charge in [-0.15, -0.1) is 11.3 Å². The Balaban J connectivity index is 3.11. The highest BCUT2D eigenvalue weighted by molar-refractivity contribution is 7.14. The fraction of sp³-hybridized carbons (Fsp3) is 0.500. The zero-order valence-corrected chi connectivity index (χ0v) is 9.81. The number of carbonyl (C=O) groups excluding carboxylic acids is 2. The molecule has 1 rings (SSSR count). The number of nitrogens with zero attached hydrogens (tertiary/aromatic N) is 1. The summed E-state index contributed by atoms with van der Waals surface area (Å²) < 4.78 is 4.57. The molecule has 1 aromatic rings. The minimum Gasteiger partial charge on any atom is -0.464 e. The van der Waals surface area contributed by atoms with Gasteiger partial charge in [0.05, 0.1) is 12.1 Å². The van der Waals surface area contributed by atoms with Crippen molar-refractivity contribution in [1.29, 1.82) is 0 Å². The lowest BCUT2D eigenvalue weighted by molar-refractivity contribution is 0.0591. The maximum absolute atomic E-state index is 11.3. The number of carbonyl (C=O) groups is 2. The number of hydrogen-bond donors (Lipinski definition) is 0. The Bertz CT molecular complexity index is 384. The van der Waals surface area contributed by atoms with Gasteiger partial charge < -0.3 is 4.74 Å². The van der Waals surface area contributed by atoms with E-state index in [0.29, 0.717) is 4.88 Å². The van der Waals surface area contributed by atoms with Crippen molar-refractivity contribution in [3.63, 3.8) is 0 Å². The topological polar surface area (TPSA) is 56.3 Å². The molecule has 0 aromatic carbocycles. The van der Waals surface area contributed by atoms with Gasteiger partial charge in [-0.25, -0.2) is 9.78 Å². The number of aryl methyl sites for hydroxylation is 1. The number of esters is 1. The van der Waals surface area contributed by atoms with Crippen LogP contribution in [0.2, 0.25) is 0 Å². The molecule has 0 saturated carbocycles. The second kappa shape index (κ2) is 5.02. The Morgan fingerprint density at radius 3 is 2.60 bits per heavy atom. The van der Waals surface area contributed by atoms with E-state index in [1.807, 2.05) is 6.92 Å². The number of aromatic nitrogens is 1. The van der Waals surface area contributed by atoms with E-state index < -0.39 is 5.97 Å². The van der Waals surface area contributed by atoms with Crippen molar-refractivity contribution in [2.24, 2.45) is 0 Å². The third-order valence-electron chi connectivity index (χ3n) is 1.83. The van der Waals surface area contributed by atoms with Crippen molar-refractivity contribution in [3.05, 3.63) is 15.6 Å². The number of hydrogen-bond acceptors (Lipinski definition) is 5. The van der Waals surface area contributed by atoms with Crippen LogP contribution in [0.1, 0.15) is 45.4 Å². The molecule has 0 atom stereocenters. The molecule has 1 aromatic heterocycles. The quantitative estimate of drug-likeness (QED) is 0.583. The number of methoxy groups -OCH3 is 1. The van der Waals surface area contributed by atoms with Gasteiger partial charge in [0.2, 0.25) is 0 Å². The summed E-state index contributed by atoms with van der Waals surface area (Å²) in [5.41, 5.74) is 0.151. The van der Waals surface area contributed by atoms with Gasteiger partial charge in [0, 0.05) is 6.92 Å². The van der Waals surface area contributed by atoms with E-state index in [-0.39, 0.29) is 11.5 Å². The molecule has 0 bridgehead atoms. The molecule has 0 radical (unpaired) electrons. The number of Topliss-reactive ketones (excluding diaryl/α,β-unsaturated/α-hetero) is 1. The van der Waals surface area contributed by atoms with Crippen molar-refractivity contribution in [2.75, 3.05) is 7.11 Å². The average molecular weight is 227 g/mol. The minimum atomic E-state index is -0.543. The molecule has 0 saturated heterocycles. The predicted octanol–water partition coefficient (Wildman–Crippen LogP) is 2.08. The Morgan fingerprint density at radius 1 is 1.47 bits per heavy atom. The highest BCUT2D eigenvalue weighted by atomic mass is 32.1. The second-order valence-electron chi connectivity index (χ2n) is 3.08. The highest BCUT2D eigenvalue weighted by Crippen LogP contribution is 2.21. The maximum Gasteiger partial charge on any atom is 0.358 e. The number of ether oxygens (including phenoxy) is 1. The standard InChI is InChI=1S/C10H13NO3S/c1-4-5-7-11-8(10(13)14-3)9(15-7)6(2)12/h4-5H2,1-3H3. The first-order valence-electron chi connectivity index (χ1n) is 4.69. The fourth-order valence-corrected chi connectivity index (χ4v) is 2.21. The van der Waals surface area contributed by atoms with E-state index >= 15 is 0 Å². The van der Waals surface area contributed by atoms with Gasteiger partial charge in [0.25, 0.3) is 0 Å². The first-order chi connectivity index (χ1) is 7.10. The van der Waals surface area contributed by atoms with Crippen LogP contribution in [0.25, 0.3) is 0 Å². The van der Waals surface area contributed by atoms with Gasteiger partial charge in [0.1, 0.15) is 4.88 Å². The van der Waals surface area contributed by atoms with Gasteiger partial charge in [-0.2, -0.15) is 0 Å². The Morgan fingerprint density at radius 2 is 2.13 bits per heavy atom. The summed E-state index contributed by atoms with van der Waals surface area (Å²) in [6, 6.07) is 0. The summed E-state index contributed by atoms with van der Waals surface area (Å²) in [6.07, 6.45) is 1.72. The third kappa shape index (κ3) is 2.62. The average Bonchev–Trinajstić information content (AvgIpc) is 2.61. The Labute approximate surface area is 92.3 Å². The van der Waals surface area contributed by atoms with E-state index in [0.717, 1.165) is 17.8 Å². The molecule has 0 N–H and O–H groups in total. The summed E-state index contributed by atoms with van der Waals surface area (Å²) in [6.45, 7) is 3.45. The molecule has 0 aliphatic heterocycles. The molecule has 0 aliphatic carbocycles. The molecule has 0 spiro atoms. The van der Waals surface area contributed by atoms with Crippen molar-refractivity contribution in [1.82, 2.24) is 4.98 Å². The van der Waals surface area contributed by atoms with Crippen LogP contribution in [-0.4, -0.2) is 23.8 Å². The molecule has 5 heteroatoms. The van der Waals surface area contributed by atoms with Gasteiger partial charge in [-0.05, 0) is 12.8 Å². The molecule has 82 valence electrons. The van der Waals surface area contributed by atoms with Crippen LogP contribution < -0.4 is 0 Å². The number of thiazole rings is 1. The van der Waals surface area contributed by atoms with Crippen molar-refractivity contribution < 1.29 is 14.3 Å². The smallest absolute Gasteiger partial charge is 0.358 e. The second-order valence-corrected chi connectivity index (χ2v) is 4.17. The lowest BCUT2D eigenvalue weighted by Crippen LogP contribution is -2.07. The molecule has 0 fully saturated rings. The minimum absolute atomic E-state index is 0.143. The SMILES string of the molecule is CCCc1nc(C(=O)OC)c(C(C)=O)s1. The third-order valence-corrected chi connectivity index (χ3v) is 3.05. The van der Waals surface area contributed by atoms with Crippen LogP contribution in [0, 0.1) is 0 Å². The largest absolute Gasteiger partial charge is 0.464 e. The van der Waals surface area contributed by atoms with Gasteiger partial charge in [0.15, 0.2) is 11.5 Å². The van der Waals surface area contributed by atoms with Gasteiger partial charge in [-0.1, -0.05) is 6.92 Å². The first kappa shape index (κ1) is 11.8. The van der Waals surface area contributed by atoms with Gasteiger partial charge >= 0.3 is 5.97 Å². The number of rotatable bonds is 4. The summed E-state index contributed by atoms with van der Waals surface area (Å²) in [7, 11) is 1.28. The molecule has 0 unspecified atom stereocenters. The van der Waals surface area contributed by atoms with E-state index in [1.54, 1.807) is 0 Å². The van der Waals surface area contributed by atoms with Crippen LogP contribution in [0.15, 0.2) is 0 Å². The molecule has 4 nitrogen and oxygen atoms in total. The van der Waals surface area contributed by atoms with E-state index in [2.05, 4.69) is 9.72 Å². The monoisotopic (exact) mass is 227 g/mol. The molecule has 0 amide bonds. The van der Waals surface area contributed by atoms with Crippen molar-refractivity contribution in [3.8, 4) is 0 Å². The van der Waals surface area contributed by atoms with Crippen LogP contribution >= 0.6 is 11.3 Å². The first-order valence-corrected chi connectivity index (χ1v) is 5.50.